The summed E-state index contributed by atoms with van der Waals surface area (Å²) in [6.45, 7) is 6.83. The van der Waals surface area contributed by atoms with Crippen molar-refractivity contribution in [2.75, 3.05) is 20.1 Å². The first-order chi connectivity index (χ1) is 18.0. The fourth-order valence-electron chi connectivity index (χ4n) is 4.61. The summed E-state index contributed by atoms with van der Waals surface area (Å²) in [6.07, 6.45) is 5.73. The number of piperidine rings is 1. The minimum atomic E-state index is -0.593. The first-order valence-corrected chi connectivity index (χ1v) is 13.2. The predicted octanol–water partition coefficient (Wildman–Crippen LogP) is 4.79. The lowest BCUT2D eigenvalue weighted by molar-refractivity contribution is 0.0180. The van der Waals surface area contributed by atoms with E-state index in [2.05, 4.69) is 5.32 Å². The second-order valence-corrected chi connectivity index (χ2v) is 10.8. The molecule has 1 aromatic heterocycles. The van der Waals surface area contributed by atoms with E-state index in [0.717, 1.165) is 25.7 Å². The summed E-state index contributed by atoms with van der Waals surface area (Å²) in [7, 11) is 1.41. The Labute approximate surface area is 223 Å². The number of carbonyl (C=O) groups is 3. The van der Waals surface area contributed by atoms with Crippen LogP contribution >= 0.6 is 0 Å². The van der Waals surface area contributed by atoms with Gasteiger partial charge in [-0.25, -0.2) is 9.18 Å². The standard InChI is InChI=1S/C29H38FN3O5/c1-29(2,3)38-28(37)32-15-13-20(14-16-32)9-5-8-12-25(34)22-17-23(26(35)31-4)27(36)33(19-22)18-21-10-6-7-11-24(21)30/h6-7,10-11,17,19-20H,5,8-9,12-16,18H2,1-4H3,(H,31,35). The molecule has 0 atom stereocenters. The summed E-state index contributed by atoms with van der Waals surface area (Å²) in [4.78, 5) is 52.2. The van der Waals surface area contributed by atoms with Gasteiger partial charge in [-0.3, -0.25) is 14.4 Å². The highest BCUT2D eigenvalue weighted by Gasteiger charge is 2.26. The maximum Gasteiger partial charge on any atom is 0.410 e. The zero-order valence-corrected chi connectivity index (χ0v) is 22.7. The van der Waals surface area contributed by atoms with Crippen LogP contribution in [0, 0.1) is 11.7 Å². The van der Waals surface area contributed by atoms with Crippen LogP contribution in [0.25, 0.3) is 0 Å². The fraction of sp³-hybridized carbons (Fsp3) is 0.517. The number of ether oxygens (including phenoxy) is 1. The molecular weight excluding hydrogens is 489 g/mol. The van der Waals surface area contributed by atoms with Crippen molar-refractivity contribution in [2.45, 2.75) is 71.4 Å². The quantitative estimate of drug-likeness (QED) is 0.374. The Bertz CT molecular complexity index is 1210. The van der Waals surface area contributed by atoms with Gasteiger partial charge in [0.2, 0.25) is 0 Å². The third-order valence-electron chi connectivity index (χ3n) is 6.71. The highest BCUT2D eigenvalue weighted by Crippen LogP contribution is 2.24. The molecular formula is C29H38FN3O5. The average molecular weight is 528 g/mol. The number of aromatic nitrogens is 1. The molecule has 9 heteroatoms. The van der Waals surface area contributed by atoms with Crippen LogP contribution in [0.3, 0.4) is 0 Å². The molecule has 38 heavy (non-hydrogen) atoms. The third kappa shape index (κ3) is 8.00. The van der Waals surface area contributed by atoms with Gasteiger partial charge in [-0.05, 0) is 58.1 Å². The van der Waals surface area contributed by atoms with Crippen molar-refractivity contribution in [1.29, 1.82) is 0 Å². The van der Waals surface area contributed by atoms with E-state index in [1.165, 1.54) is 29.9 Å². The molecule has 1 N–H and O–H groups in total. The van der Waals surface area contributed by atoms with Gasteiger partial charge in [0, 0.05) is 43.9 Å². The number of carbonyl (C=O) groups excluding carboxylic acids is 3. The summed E-state index contributed by atoms with van der Waals surface area (Å²) < 4.78 is 20.9. The van der Waals surface area contributed by atoms with E-state index in [9.17, 15) is 23.6 Å². The lowest BCUT2D eigenvalue weighted by Crippen LogP contribution is -2.41. The first-order valence-electron chi connectivity index (χ1n) is 13.2. The Morgan fingerprint density at radius 3 is 2.42 bits per heavy atom. The van der Waals surface area contributed by atoms with Gasteiger partial charge in [0.1, 0.15) is 17.0 Å². The van der Waals surface area contributed by atoms with E-state index >= 15 is 0 Å². The highest BCUT2D eigenvalue weighted by atomic mass is 19.1. The van der Waals surface area contributed by atoms with Crippen LogP contribution in [-0.4, -0.2) is 53.0 Å². The number of nitrogens with one attached hydrogen (secondary N) is 1. The smallest absolute Gasteiger partial charge is 0.410 e. The van der Waals surface area contributed by atoms with E-state index in [4.69, 9.17) is 4.74 Å². The zero-order chi connectivity index (χ0) is 27.9. The summed E-state index contributed by atoms with van der Waals surface area (Å²) in [5, 5.41) is 2.43. The number of Topliss-reactive ketones (excluding diaryl/α,β-unsaturated/α-hetero) is 1. The maximum atomic E-state index is 14.2. The molecule has 1 saturated heterocycles. The highest BCUT2D eigenvalue weighted by molar-refractivity contribution is 6.00. The van der Waals surface area contributed by atoms with Crippen LogP contribution in [0.5, 0.6) is 0 Å². The number of unbranched alkanes of at least 4 members (excludes halogenated alkanes) is 1. The monoisotopic (exact) mass is 527 g/mol. The Kier molecular flexibility index (Phi) is 9.83. The number of hydrogen-bond acceptors (Lipinski definition) is 5. The fourth-order valence-corrected chi connectivity index (χ4v) is 4.61. The predicted molar refractivity (Wildman–Crippen MR) is 143 cm³/mol. The van der Waals surface area contributed by atoms with Crippen LogP contribution in [0.15, 0.2) is 41.3 Å². The summed E-state index contributed by atoms with van der Waals surface area (Å²) >= 11 is 0. The van der Waals surface area contributed by atoms with E-state index in [0.29, 0.717) is 31.0 Å². The first kappa shape index (κ1) is 29.1. The van der Waals surface area contributed by atoms with Gasteiger partial charge in [0.25, 0.3) is 11.5 Å². The van der Waals surface area contributed by atoms with Crippen molar-refractivity contribution in [1.82, 2.24) is 14.8 Å². The van der Waals surface area contributed by atoms with E-state index in [1.807, 2.05) is 20.8 Å². The summed E-state index contributed by atoms with van der Waals surface area (Å²) in [5.74, 6) is -0.734. The molecule has 3 rings (SSSR count). The van der Waals surface area contributed by atoms with Gasteiger partial charge in [-0.1, -0.05) is 31.0 Å². The van der Waals surface area contributed by atoms with Crippen LogP contribution in [0.2, 0.25) is 0 Å². The molecule has 0 radical (unpaired) electrons. The number of nitrogens with zero attached hydrogens (tertiary/aromatic N) is 2. The normalized spacial score (nSPS) is 14.3. The van der Waals surface area contributed by atoms with Crippen molar-refractivity contribution >= 4 is 17.8 Å². The zero-order valence-electron chi connectivity index (χ0n) is 22.7. The lowest BCUT2D eigenvalue weighted by atomic mass is 9.91. The maximum absolute atomic E-state index is 14.2. The second-order valence-electron chi connectivity index (χ2n) is 10.8. The van der Waals surface area contributed by atoms with Crippen molar-refractivity contribution in [3.63, 3.8) is 0 Å². The third-order valence-corrected chi connectivity index (χ3v) is 6.71. The number of benzene rings is 1. The molecule has 2 amide bonds. The molecule has 0 aliphatic carbocycles. The van der Waals surface area contributed by atoms with Gasteiger partial charge in [-0.2, -0.15) is 0 Å². The molecule has 1 aliphatic rings. The van der Waals surface area contributed by atoms with E-state index < -0.39 is 22.9 Å². The molecule has 0 bridgehead atoms. The Balaban J connectivity index is 1.56. The Morgan fingerprint density at radius 1 is 1.11 bits per heavy atom. The Morgan fingerprint density at radius 2 is 1.79 bits per heavy atom. The lowest BCUT2D eigenvalue weighted by Gasteiger charge is -2.33. The van der Waals surface area contributed by atoms with Crippen molar-refractivity contribution in [2.24, 2.45) is 5.92 Å². The number of halogens is 1. The van der Waals surface area contributed by atoms with Gasteiger partial charge < -0.3 is 19.5 Å². The number of ketones is 1. The van der Waals surface area contributed by atoms with E-state index in [-0.39, 0.29) is 36.0 Å². The van der Waals surface area contributed by atoms with Crippen molar-refractivity contribution in [3.8, 4) is 0 Å². The minimum Gasteiger partial charge on any atom is -0.444 e. The van der Waals surface area contributed by atoms with Crippen LogP contribution in [0.4, 0.5) is 9.18 Å². The molecule has 8 nitrogen and oxygen atoms in total. The molecule has 1 aliphatic heterocycles. The summed E-state index contributed by atoms with van der Waals surface area (Å²) in [6, 6.07) is 7.42. The molecule has 0 spiro atoms. The van der Waals surface area contributed by atoms with Gasteiger partial charge in [0.05, 0.1) is 6.54 Å². The van der Waals surface area contributed by atoms with Crippen LogP contribution < -0.4 is 10.9 Å². The second kappa shape index (κ2) is 12.8. The summed E-state index contributed by atoms with van der Waals surface area (Å²) in [5.41, 5.74) is -0.689. The van der Waals surface area contributed by atoms with Crippen molar-refractivity contribution in [3.05, 3.63) is 69.4 Å². The van der Waals surface area contributed by atoms with Gasteiger partial charge in [-0.15, -0.1) is 0 Å². The average Bonchev–Trinajstić information content (AvgIpc) is 2.87. The molecule has 0 saturated carbocycles. The van der Waals surface area contributed by atoms with E-state index in [1.54, 1.807) is 23.1 Å². The topological polar surface area (TPSA) is 97.7 Å². The van der Waals surface area contributed by atoms with Crippen molar-refractivity contribution < 1.29 is 23.5 Å². The number of rotatable bonds is 9. The van der Waals surface area contributed by atoms with Gasteiger partial charge in [0.15, 0.2) is 5.78 Å². The SMILES string of the molecule is CNC(=O)c1cc(C(=O)CCCCC2CCN(C(=O)OC(C)(C)C)CC2)cn(Cc2ccccc2F)c1=O. The molecule has 206 valence electrons. The molecule has 1 aromatic carbocycles. The largest absolute Gasteiger partial charge is 0.444 e. The Hall–Kier alpha value is -3.49. The van der Waals surface area contributed by atoms with Crippen LogP contribution in [-0.2, 0) is 11.3 Å². The van der Waals surface area contributed by atoms with Crippen LogP contribution in [0.1, 0.15) is 85.6 Å². The molecule has 0 unspecified atom stereocenters. The van der Waals surface area contributed by atoms with Gasteiger partial charge >= 0.3 is 6.09 Å². The molecule has 2 heterocycles. The molecule has 2 aromatic rings. The number of pyridine rings is 1. The number of amides is 2. The number of hydrogen-bond donors (Lipinski definition) is 1. The minimum absolute atomic E-state index is 0.0847. The number of likely N-dealkylation sites (tertiary alicyclic amines) is 1. The molecule has 1 fully saturated rings.